The molecule has 1 heterocycles. The number of halogens is 1. The highest BCUT2D eigenvalue weighted by atomic mass is 19.1. The van der Waals surface area contributed by atoms with Crippen LogP contribution in [0.25, 0.3) is 0 Å². The van der Waals surface area contributed by atoms with Crippen LogP contribution in [0, 0.1) is 5.82 Å². The SMILES string of the molecule is CN(C(=O)OC(C)(C)C)C1CCCN(c2cccc(F)c2)C1=O. The Balaban J connectivity index is 2.15. The topological polar surface area (TPSA) is 49.9 Å². The number of benzene rings is 1. The first-order valence-corrected chi connectivity index (χ1v) is 7.72. The number of carbonyl (C=O) groups excluding carboxylic acids is 2. The molecule has 23 heavy (non-hydrogen) atoms. The van der Waals surface area contributed by atoms with Crippen LogP contribution in [0.1, 0.15) is 33.6 Å². The molecule has 2 rings (SSSR count). The van der Waals surface area contributed by atoms with Crippen LogP contribution in [-0.4, -0.2) is 42.1 Å². The zero-order valence-corrected chi connectivity index (χ0v) is 14.0. The number of likely N-dealkylation sites (N-methyl/N-ethyl adjacent to an activating group) is 1. The van der Waals surface area contributed by atoms with E-state index in [1.807, 2.05) is 0 Å². The lowest BCUT2D eigenvalue weighted by molar-refractivity contribution is -0.124. The molecule has 1 aliphatic heterocycles. The van der Waals surface area contributed by atoms with E-state index >= 15 is 0 Å². The van der Waals surface area contributed by atoms with Gasteiger partial charge in [-0.2, -0.15) is 0 Å². The van der Waals surface area contributed by atoms with E-state index in [-0.39, 0.29) is 5.91 Å². The van der Waals surface area contributed by atoms with Gasteiger partial charge in [0.15, 0.2) is 0 Å². The maximum absolute atomic E-state index is 13.4. The van der Waals surface area contributed by atoms with Crippen LogP contribution in [0.15, 0.2) is 24.3 Å². The lowest BCUT2D eigenvalue weighted by atomic mass is 10.0. The van der Waals surface area contributed by atoms with Gasteiger partial charge in [-0.25, -0.2) is 9.18 Å². The summed E-state index contributed by atoms with van der Waals surface area (Å²) in [6.07, 6.45) is 0.775. The Bertz CT molecular complexity index is 598. The molecule has 1 atom stereocenters. The third kappa shape index (κ3) is 4.21. The molecule has 0 N–H and O–H groups in total. The van der Waals surface area contributed by atoms with Gasteiger partial charge in [0.05, 0.1) is 0 Å². The molecule has 1 aliphatic rings. The highest BCUT2D eigenvalue weighted by Crippen LogP contribution is 2.24. The van der Waals surface area contributed by atoms with E-state index in [2.05, 4.69) is 0 Å². The summed E-state index contributed by atoms with van der Waals surface area (Å²) >= 11 is 0. The van der Waals surface area contributed by atoms with Gasteiger partial charge in [-0.1, -0.05) is 6.07 Å². The van der Waals surface area contributed by atoms with E-state index in [0.29, 0.717) is 18.7 Å². The van der Waals surface area contributed by atoms with Crippen molar-refractivity contribution in [3.63, 3.8) is 0 Å². The molecule has 1 aromatic rings. The molecule has 0 aromatic heterocycles. The van der Waals surface area contributed by atoms with Gasteiger partial charge in [-0.3, -0.25) is 9.69 Å². The summed E-state index contributed by atoms with van der Waals surface area (Å²) in [6, 6.07) is 5.33. The van der Waals surface area contributed by atoms with Crippen LogP contribution < -0.4 is 4.90 Å². The molecule has 5 nitrogen and oxygen atoms in total. The summed E-state index contributed by atoms with van der Waals surface area (Å²) in [6.45, 7) is 5.85. The molecule has 6 heteroatoms. The number of piperidine rings is 1. The predicted octanol–water partition coefficient (Wildman–Crippen LogP) is 3.19. The van der Waals surface area contributed by atoms with Crippen LogP contribution in [0.4, 0.5) is 14.9 Å². The maximum atomic E-state index is 13.4. The van der Waals surface area contributed by atoms with Gasteiger partial charge in [0, 0.05) is 19.3 Å². The Hall–Kier alpha value is -2.11. The van der Waals surface area contributed by atoms with Crippen LogP contribution in [0.3, 0.4) is 0 Å². The van der Waals surface area contributed by atoms with Crippen molar-refractivity contribution in [2.75, 3.05) is 18.5 Å². The number of hydrogen-bond acceptors (Lipinski definition) is 3. The minimum Gasteiger partial charge on any atom is -0.444 e. The summed E-state index contributed by atoms with van der Waals surface area (Å²) in [5.74, 6) is -0.604. The second kappa shape index (κ2) is 6.56. The number of hydrogen-bond donors (Lipinski definition) is 0. The van der Waals surface area contributed by atoms with Crippen molar-refractivity contribution < 1.29 is 18.7 Å². The zero-order chi connectivity index (χ0) is 17.2. The number of carbonyl (C=O) groups is 2. The van der Waals surface area contributed by atoms with E-state index in [4.69, 9.17) is 4.74 Å². The van der Waals surface area contributed by atoms with Gasteiger partial charge < -0.3 is 9.64 Å². The van der Waals surface area contributed by atoms with Crippen molar-refractivity contribution in [3.05, 3.63) is 30.1 Å². The van der Waals surface area contributed by atoms with Crippen LogP contribution in [-0.2, 0) is 9.53 Å². The van der Waals surface area contributed by atoms with E-state index in [1.54, 1.807) is 40.0 Å². The highest BCUT2D eigenvalue weighted by Gasteiger charge is 2.36. The molecular weight excluding hydrogens is 299 g/mol. The van der Waals surface area contributed by atoms with Crippen molar-refractivity contribution in [2.45, 2.75) is 45.3 Å². The summed E-state index contributed by atoms with van der Waals surface area (Å²) in [5.41, 5.74) is -0.108. The zero-order valence-electron chi connectivity index (χ0n) is 14.0. The molecule has 0 bridgehead atoms. The molecule has 1 saturated heterocycles. The molecular formula is C17H23FN2O3. The monoisotopic (exact) mass is 322 g/mol. The smallest absolute Gasteiger partial charge is 0.410 e. The van der Waals surface area contributed by atoms with Crippen molar-refractivity contribution >= 4 is 17.7 Å². The molecule has 2 amide bonds. The third-order valence-corrected chi connectivity index (χ3v) is 3.68. The summed E-state index contributed by atoms with van der Waals surface area (Å²) < 4.78 is 18.7. The Morgan fingerprint density at radius 2 is 2.09 bits per heavy atom. The Morgan fingerprint density at radius 3 is 2.70 bits per heavy atom. The normalized spacial score (nSPS) is 18.7. The average molecular weight is 322 g/mol. The fourth-order valence-corrected chi connectivity index (χ4v) is 2.58. The minimum absolute atomic E-state index is 0.213. The van der Waals surface area contributed by atoms with Crippen molar-refractivity contribution in [2.24, 2.45) is 0 Å². The fourth-order valence-electron chi connectivity index (χ4n) is 2.58. The quantitative estimate of drug-likeness (QED) is 0.840. The maximum Gasteiger partial charge on any atom is 0.410 e. The van der Waals surface area contributed by atoms with E-state index in [1.165, 1.54) is 21.9 Å². The lowest BCUT2D eigenvalue weighted by Gasteiger charge is -2.37. The first-order chi connectivity index (χ1) is 10.7. The molecule has 0 radical (unpaired) electrons. The van der Waals surface area contributed by atoms with Crippen LogP contribution in [0.5, 0.6) is 0 Å². The molecule has 0 spiro atoms. The predicted molar refractivity (Wildman–Crippen MR) is 85.8 cm³/mol. The lowest BCUT2D eigenvalue weighted by Crippen LogP contribution is -2.53. The van der Waals surface area contributed by atoms with Gasteiger partial charge in [0.1, 0.15) is 17.5 Å². The number of nitrogens with zero attached hydrogens (tertiary/aromatic N) is 2. The summed E-state index contributed by atoms with van der Waals surface area (Å²) in [4.78, 5) is 27.7. The molecule has 0 aliphatic carbocycles. The standard InChI is InChI=1S/C17H23FN2O3/c1-17(2,3)23-16(22)19(4)14-9-6-10-20(15(14)21)13-8-5-7-12(18)11-13/h5,7-8,11,14H,6,9-10H2,1-4H3. The van der Waals surface area contributed by atoms with Crippen molar-refractivity contribution in [1.82, 2.24) is 4.90 Å². The van der Waals surface area contributed by atoms with Gasteiger partial charge in [0.25, 0.3) is 0 Å². The Labute approximate surface area is 136 Å². The Kier molecular flexibility index (Phi) is 4.92. The summed E-state index contributed by atoms with van der Waals surface area (Å²) in [5, 5.41) is 0. The van der Waals surface area contributed by atoms with Crippen LogP contribution >= 0.6 is 0 Å². The third-order valence-electron chi connectivity index (χ3n) is 3.68. The van der Waals surface area contributed by atoms with E-state index < -0.39 is 23.6 Å². The molecule has 1 unspecified atom stereocenters. The van der Waals surface area contributed by atoms with E-state index in [9.17, 15) is 14.0 Å². The average Bonchev–Trinajstić information content (AvgIpc) is 2.45. The van der Waals surface area contributed by atoms with Gasteiger partial charge >= 0.3 is 6.09 Å². The molecule has 1 aromatic carbocycles. The molecule has 1 fully saturated rings. The largest absolute Gasteiger partial charge is 0.444 e. The number of anilines is 1. The van der Waals surface area contributed by atoms with Gasteiger partial charge in [0.2, 0.25) is 5.91 Å². The van der Waals surface area contributed by atoms with Gasteiger partial charge in [-0.15, -0.1) is 0 Å². The first kappa shape index (κ1) is 17.2. The van der Waals surface area contributed by atoms with Gasteiger partial charge in [-0.05, 0) is 51.8 Å². The molecule has 126 valence electrons. The van der Waals surface area contributed by atoms with Crippen LogP contribution in [0.2, 0.25) is 0 Å². The summed E-state index contributed by atoms with van der Waals surface area (Å²) in [7, 11) is 1.56. The van der Waals surface area contributed by atoms with Crippen molar-refractivity contribution in [3.8, 4) is 0 Å². The fraction of sp³-hybridized carbons (Fsp3) is 0.529. The minimum atomic E-state index is -0.620. The number of ether oxygens (including phenoxy) is 1. The number of amides is 2. The molecule has 0 saturated carbocycles. The first-order valence-electron chi connectivity index (χ1n) is 7.72. The Morgan fingerprint density at radius 1 is 1.39 bits per heavy atom. The van der Waals surface area contributed by atoms with Crippen molar-refractivity contribution in [1.29, 1.82) is 0 Å². The van der Waals surface area contributed by atoms with E-state index in [0.717, 1.165) is 6.42 Å². The second-order valence-corrected chi connectivity index (χ2v) is 6.72. The second-order valence-electron chi connectivity index (χ2n) is 6.72. The highest BCUT2D eigenvalue weighted by molar-refractivity contribution is 5.99. The number of rotatable bonds is 2.